The summed E-state index contributed by atoms with van der Waals surface area (Å²) in [5, 5.41) is 4.73. The Hall–Kier alpha value is -2.04. The Morgan fingerprint density at radius 3 is 2.59 bits per heavy atom. The van der Waals surface area contributed by atoms with Gasteiger partial charge < -0.3 is 4.74 Å². The minimum atomic E-state index is -0.350. The summed E-state index contributed by atoms with van der Waals surface area (Å²) < 4.78 is 5.34. The van der Waals surface area contributed by atoms with Crippen LogP contribution < -0.4 is 10.2 Å². The van der Waals surface area contributed by atoms with Crippen molar-refractivity contribution in [2.45, 2.75) is 6.92 Å². The molecule has 1 N–H and O–H groups in total. The predicted octanol–water partition coefficient (Wildman–Crippen LogP) is 3.83. The van der Waals surface area contributed by atoms with Gasteiger partial charge in [-0.1, -0.05) is 47.0 Å². The second kappa shape index (κ2) is 7.82. The number of carbonyl (C=O) groups excluding carboxylic acids is 1. The molecule has 0 aromatic heterocycles. The number of carbonyl (C=O) groups is 1. The van der Waals surface area contributed by atoms with Gasteiger partial charge in [-0.3, -0.25) is 4.79 Å². The van der Waals surface area contributed by atoms with Crippen molar-refractivity contribution in [2.75, 3.05) is 6.61 Å². The first-order valence-corrected chi connectivity index (χ1v) is 7.26. The zero-order valence-corrected chi connectivity index (χ0v) is 13.4. The number of ether oxygens (including phenoxy) is 1. The van der Waals surface area contributed by atoms with Crippen molar-refractivity contribution >= 4 is 35.3 Å². The highest BCUT2D eigenvalue weighted by Crippen LogP contribution is 2.21. The van der Waals surface area contributed by atoms with Crippen molar-refractivity contribution in [1.82, 2.24) is 5.43 Å². The third kappa shape index (κ3) is 5.06. The fraction of sp³-hybridized carbons (Fsp3) is 0.125. The summed E-state index contributed by atoms with van der Waals surface area (Å²) in [5.74, 6) is 0.283. The van der Waals surface area contributed by atoms with Crippen molar-refractivity contribution in [3.05, 3.63) is 63.6 Å². The van der Waals surface area contributed by atoms with Crippen molar-refractivity contribution in [1.29, 1.82) is 0 Å². The molecule has 0 spiro atoms. The molecule has 0 atom stereocenters. The number of nitrogens with one attached hydrogen (secondary N) is 1. The van der Waals surface area contributed by atoms with Gasteiger partial charge in [-0.05, 0) is 36.8 Å². The summed E-state index contributed by atoms with van der Waals surface area (Å²) in [5.41, 5.74) is 4.23. The lowest BCUT2D eigenvalue weighted by atomic mass is 10.2. The molecule has 2 aromatic carbocycles. The van der Waals surface area contributed by atoms with Gasteiger partial charge in [0.2, 0.25) is 0 Å². The lowest BCUT2D eigenvalue weighted by molar-refractivity contribution is -0.123. The van der Waals surface area contributed by atoms with E-state index < -0.39 is 0 Å². The van der Waals surface area contributed by atoms with Crippen LogP contribution in [0.5, 0.6) is 5.75 Å². The average molecular weight is 337 g/mol. The standard InChI is InChI=1S/C16H14Cl2N2O2/c1-11-2-5-13(6-3-11)22-10-16(21)20-19-9-12-4-7-14(17)15(18)8-12/h2-9H,10H2,1H3,(H,20,21). The molecule has 6 heteroatoms. The Balaban J connectivity index is 1.80. The number of hydrazone groups is 1. The van der Waals surface area contributed by atoms with Crippen molar-refractivity contribution in [3.8, 4) is 5.75 Å². The number of amides is 1. The van der Waals surface area contributed by atoms with Crippen LogP contribution in [0.25, 0.3) is 0 Å². The van der Waals surface area contributed by atoms with E-state index >= 15 is 0 Å². The van der Waals surface area contributed by atoms with Crippen LogP contribution in [0.15, 0.2) is 47.6 Å². The number of benzene rings is 2. The summed E-state index contributed by atoms with van der Waals surface area (Å²) in [7, 11) is 0. The third-order valence-corrected chi connectivity index (χ3v) is 3.48. The Morgan fingerprint density at radius 1 is 1.18 bits per heavy atom. The normalized spacial score (nSPS) is 10.7. The summed E-state index contributed by atoms with van der Waals surface area (Å²) in [6, 6.07) is 12.5. The van der Waals surface area contributed by atoms with Crippen LogP contribution in [0.2, 0.25) is 10.0 Å². The highest BCUT2D eigenvalue weighted by atomic mass is 35.5. The van der Waals surface area contributed by atoms with Crippen LogP contribution in [0, 0.1) is 6.92 Å². The molecule has 0 aliphatic heterocycles. The highest BCUT2D eigenvalue weighted by molar-refractivity contribution is 6.42. The second-order valence-electron chi connectivity index (χ2n) is 4.57. The molecule has 0 aliphatic carbocycles. The van der Waals surface area contributed by atoms with Gasteiger partial charge in [0.15, 0.2) is 6.61 Å². The Bertz CT molecular complexity index is 685. The zero-order valence-electron chi connectivity index (χ0n) is 11.8. The fourth-order valence-electron chi connectivity index (χ4n) is 1.59. The third-order valence-electron chi connectivity index (χ3n) is 2.74. The summed E-state index contributed by atoms with van der Waals surface area (Å²) in [6.07, 6.45) is 1.48. The lowest BCUT2D eigenvalue weighted by Gasteiger charge is -2.05. The van der Waals surface area contributed by atoms with E-state index in [0.29, 0.717) is 15.8 Å². The minimum absolute atomic E-state index is 0.109. The van der Waals surface area contributed by atoms with Gasteiger partial charge in [0, 0.05) is 0 Å². The van der Waals surface area contributed by atoms with E-state index in [-0.39, 0.29) is 12.5 Å². The topological polar surface area (TPSA) is 50.7 Å². The molecule has 2 rings (SSSR count). The largest absolute Gasteiger partial charge is 0.484 e. The Kier molecular flexibility index (Phi) is 5.81. The monoisotopic (exact) mass is 336 g/mol. The van der Waals surface area contributed by atoms with Gasteiger partial charge in [-0.2, -0.15) is 5.10 Å². The van der Waals surface area contributed by atoms with Gasteiger partial charge in [-0.25, -0.2) is 5.43 Å². The molecule has 0 saturated carbocycles. The average Bonchev–Trinajstić information content (AvgIpc) is 2.50. The molecule has 0 saturated heterocycles. The molecule has 0 bridgehead atoms. The lowest BCUT2D eigenvalue weighted by Crippen LogP contribution is -2.24. The van der Waals surface area contributed by atoms with E-state index in [9.17, 15) is 4.79 Å². The SMILES string of the molecule is Cc1ccc(OCC(=O)NN=Cc2ccc(Cl)c(Cl)c2)cc1. The molecule has 114 valence electrons. The molecular formula is C16H14Cl2N2O2. The van der Waals surface area contributed by atoms with Gasteiger partial charge >= 0.3 is 0 Å². The van der Waals surface area contributed by atoms with E-state index in [4.69, 9.17) is 27.9 Å². The number of nitrogens with zero attached hydrogens (tertiary/aromatic N) is 1. The molecular weight excluding hydrogens is 323 g/mol. The Labute approximate surface area is 138 Å². The first-order chi connectivity index (χ1) is 10.5. The van der Waals surface area contributed by atoms with Crippen molar-refractivity contribution in [3.63, 3.8) is 0 Å². The van der Waals surface area contributed by atoms with Crippen LogP contribution in [-0.4, -0.2) is 18.7 Å². The number of rotatable bonds is 5. The van der Waals surface area contributed by atoms with E-state index in [2.05, 4.69) is 10.5 Å². The molecule has 0 fully saturated rings. The highest BCUT2D eigenvalue weighted by Gasteiger charge is 2.01. The predicted molar refractivity (Wildman–Crippen MR) is 88.9 cm³/mol. The summed E-state index contributed by atoms with van der Waals surface area (Å²) in [4.78, 5) is 11.6. The first-order valence-electron chi connectivity index (χ1n) is 6.51. The maximum Gasteiger partial charge on any atom is 0.277 e. The molecule has 0 aliphatic rings. The smallest absolute Gasteiger partial charge is 0.277 e. The fourth-order valence-corrected chi connectivity index (χ4v) is 1.89. The first kappa shape index (κ1) is 16.3. The number of halogens is 2. The van der Waals surface area contributed by atoms with Crippen LogP contribution in [-0.2, 0) is 4.79 Å². The molecule has 22 heavy (non-hydrogen) atoms. The van der Waals surface area contributed by atoms with Crippen LogP contribution in [0.4, 0.5) is 0 Å². The van der Waals surface area contributed by atoms with Crippen LogP contribution in [0.1, 0.15) is 11.1 Å². The zero-order chi connectivity index (χ0) is 15.9. The van der Waals surface area contributed by atoms with Crippen molar-refractivity contribution < 1.29 is 9.53 Å². The summed E-state index contributed by atoms with van der Waals surface area (Å²) >= 11 is 11.7. The Morgan fingerprint density at radius 2 is 1.91 bits per heavy atom. The van der Waals surface area contributed by atoms with Crippen LogP contribution in [0.3, 0.4) is 0 Å². The molecule has 2 aromatic rings. The maximum atomic E-state index is 11.6. The minimum Gasteiger partial charge on any atom is -0.484 e. The maximum absolute atomic E-state index is 11.6. The molecule has 4 nitrogen and oxygen atoms in total. The second-order valence-corrected chi connectivity index (χ2v) is 5.38. The van der Waals surface area contributed by atoms with E-state index in [1.165, 1.54) is 6.21 Å². The number of hydrogen-bond acceptors (Lipinski definition) is 3. The van der Waals surface area contributed by atoms with E-state index in [1.807, 2.05) is 31.2 Å². The molecule has 0 heterocycles. The van der Waals surface area contributed by atoms with Crippen LogP contribution >= 0.6 is 23.2 Å². The summed E-state index contributed by atoms with van der Waals surface area (Å²) in [6.45, 7) is 1.87. The van der Waals surface area contributed by atoms with E-state index in [0.717, 1.165) is 11.1 Å². The van der Waals surface area contributed by atoms with Gasteiger partial charge in [0.05, 0.1) is 16.3 Å². The van der Waals surface area contributed by atoms with Crippen molar-refractivity contribution in [2.24, 2.45) is 5.10 Å². The van der Waals surface area contributed by atoms with Gasteiger partial charge in [0.1, 0.15) is 5.75 Å². The van der Waals surface area contributed by atoms with Gasteiger partial charge in [-0.15, -0.1) is 0 Å². The number of hydrogen-bond donors (Lipinski definition) is 1. The molecule has 0 radical (unpaired) electrons. The van der Waals surface area contributed by atoms with Gasteiger partial charge in [0.25, 0.3) is 5.91 Å². The molecule has 0 unspecified atom stereocenters. The number of aryl methyl sites for hydroxylation is 1. The quantitative estimate of drug-likeness (QED) is 0.666. The van der Waals surface area contributed by atoms with E-state index in [1.54, 1.807) is 18.2 Å². The molecule has 1 amide bonds.